The summed E-state index contributed by atoms with van der Waals surface area (Å²) in [5.74, 6) is 0.629. The highest BCUT2D eigenvalue weighted by molar-refractivity contribution is 5.58. The summed E-state index contributed by atoms with van der Waals surface area (Å²) in [5.41, 5.74) is 7.15. The zero-order valence-corrected chi connectivity index (χ0v) is 8.04. The Bertz CT molecular complexity index is 436. The Morgan fingerprint density at radius 2 is 2.00 bits per heavy atom. The van der Waals surface area contributed by atoms with Crippen LogP contribution in [0.3, 0.4) is 0 Å². The molecule has 2 aromatic rings. The van der Waals surface area contributed by atoms with Crippen LogP contribution in [-0.4, -0.2) is 31.9 Å². The molecule has 0 bridgehead atoms. The minimum atomic E-state index is 0.00696. The number of aliphatic hydroxyl groups is 1. The van der Waals surface area contributed by atoms with E-state index in [1.807, 2.05) is 12.1 Å². The molecule has 0 fully saturated rings. The van der Waals surface area contributed by atoms with Crippen molar-refractivity contribution in [2.24, 2.45) is 0 Å². The first kappa shape index (κ1) is 9.60. The van der Waals surface area contributed by atoms with Gasteiger partial charge >= 0.3 is 0 Å². The lowest BCUT2D eigenvalue weighted by Crippen LogP contribution is -2.06. The molecule has 0 atom stereocenters. The molecule has 0 amide bonds. The number of nitrogens with zero attached hydrogens (tertiary/aromatic N) is 4. The van der Waals surface area contributed by atoms with Crippen molar-refractivity contribution in [3.05, 3.63) is 24.3 Å². The van der Waals surface area contributed by atoms with Gasteiger partial charge in [-0.05, 0) is 34.7 Å². The number of anilines is 1. The smallest absolute Gasteiger partial charge is 0.182 e. The van der Waals surface area contributed by atoms with Crippen LogP contribution in [0.1, 0.15) is 0 Å². The summed E-state index contributed by atoms with van der Waals surface area (Å²) in [7, 11) is 0. The van der Waals surface area contributed by atoms with Gasteiger partial charge in [0.1, 0.15) is 0 Å². The first-order chi connectivity index (χ1) is 7.31. The third-order valence-electron chi connectivity index (χ3n) is 2.01. The second kappa shape index (κ2) is 4.05. The lowest BCUT2D eigenvalue weighted by atomic mass is 10.2. The minimum absolute atomic E-state index is 0.00696. The van der Waals surface area contributed by atoms with Crippen LogP contribution in [0.4, 0.5) is 5.69 Å². The lowest BCUT2D eigenvalue weighted by molar-refractivity contribution is 0.269. The number of tetrazole rings is 1. The fraction of sp³-hybridized carbons (Fsp3) is 0.222. The monoisotopic (exact) mass is 205 g/mol. The van der Waals surface area contributed by atoms with Crippen LogP contribution in [0, 0.1) is 0 Å². The van der Waals surface area contributed by atoms with E-state index in [2.05, 4.69) is 15.5 Å². The minimum Gasteiger partial charge on any atom is -0.399 e. The van der Waals surface area contributed by atoms with Crippen LogP contribution in [0.25, 0.3) is 11.4 Å². The van der Waals surface area contributed by atoms with Gasteiger partial charge < -0.3 is 10.8 Å². The Morgan fingerprint density at radius 3 is 2.67 bits per heavy atom. The van der Waals surface area contributed by atoms with Crippen LogP contribution in [0.2, 0.25) is 0 Å². The van der Waals surface area contributed by atoms with Gasteiger partial charge in [0.05, 0.1) is 13.2 Å². The molecule has 78 valence electrons. The molecular weight excluding hydrogens is 194 g/mol. The van der Waals surface area contributed by atoms with Gasteiger partial charge in [-0.3, -0.25) is 0 Å². The highest BCUT2D eigenvalue weighted by atomic mass is 16.3. The van der Waals surface area contributed by atoms with Gasteiger partial charge in [0, 0.05) is 11.3 Å². The van der Waals surface area contributed by atoms with Crippen molar-refractivity contribution in [3.8, 4) is 11.4 Å². The van der Waals surface area contributed by atoms with Gasteiger partial charge in [0.15, 0.2) is 5.82 Å². The molecule has 0 aliphatic rings. The summed E-state index contributed by atoms with van der Waals surface area (Å²) >= 11 is 0. The second-order valence-electron chi connectivity index (χ2n) is 3.07. The van der Waals surface area contributed by atoms with Crippen molar-refractivity contribution in [1.29, 1.82) is 0 Å². The van der Waals surface area contributed by atoms with Crippen molar-refractivity contribution in [2.75, 3.05) is 12.3 Å². The number of aliphatic hydroxyl groups excluding tert-OH is 1. The Kier molecular flexibility index (Phi) is 2.59. The fourth-order valence-electron chi connectivity index (χ4n) is 1.29. The van der Waals surface area contributed by atoms with E-state index in [1.54, 1.807) is 16.8 Å². The quantitative estimate of drug-likeness (QED) is 0.684. The average Bonchev–Trinajstić information content (AvgIpc) is 2.68. The van der Waals surface area contributed by atoms with Crippen LogP contribution >= 0.6 is 0 Å². The second-order valence-corrected chi connectivity index (χ2v) is 3.07. The molecule has 1 aromatic carbocycles. The number of hydrogen-bond acceptors (Lipinski definition) is 5. The third kappa shape index (κ3) is 1.94. The number of rotatable bonds is 3. The van der Waals surface area contributed by atoms with E-state index in [9.17, 15) is 0 Å². The van der Waals surface area contributed by atoms with Gasteiger partial charge in [0.2, 0.25) is 0 Å². The topological polar surface area (TPSA) is 89.9 Å². The summed E-state index contributed by atoms with van der Waals surface area (Å²) in [6.07, 6.45) is 0. The number of nitrogen functional groups attached to an aromatic ring is 1. The van der Waals surface area contributed by atoms with Crippen molar-refractivity contribution in [3.63, 3.8) is 0 Å². The molecule has 0 saturated carbocycles. The van der Waals surface area contributed by atoms with E-state index in [0.717, 1.165) is 5.56 Å². The summed E-state index contributed by atoms with van der Waals surface area (Å²) in [5, 5.41) is 20.0. The molecule has 0 aliphatic heterocycles. The molecule has 6 heteroatoms. The predicted molar refractivity (Wildman–Crippen MR) is 54.8 cm³/mol. The Hall–Kier alpha value is -1.95. The van der Waals surface area contributed by atoms with Crippen molar-refractivity contribution in [1.82, 2.24) is 20.2 Å². The summed E-state index contributed by atoms with van der Waals surface area (Å²) in [6, 6.07) is 7.25. The van der Waals surface area contributed by atoms with E-state index in [0.29, 0.717) is 18.1 Å². The SMILES string of the molecule is Nc1ccc(-c2nnnn2CCO)cc1. The molecule has 0 aliphatic carbocycles. The van der Waals surface area contributed by atoms with Crippen LogP contribution in [0.15, 0.2) is 24.3 Å². The standard InChI is InChI=1S/C9H11N5O/c10-8-3-1-7(2-4-8)9-11-12-13-14(9)5-6-15/h1-4,15H,5-6,10H2. The van der Waals surface area contributed by atoms with Gasteiger partial charge in [-0.2, -0.15) is 0 Å². The van der Waals surface area contributed by atoms with E-state index < -0.39 is 0 Å². The van der Waals surface area contributed by atoms with Crippen molar-refractivity contribution >= 4 is 5.69 Å². The maximum Gasteiger partial charge on any atom is 0.182 e. The molecule has 1 heterocycles. The molecule has 6 nitrogen and oxygen atoms in total. The van der Waals surface area contributed by atoms with Crippen LogP contribution < -0.4 is 5.73 Å². The van der Waals surface area contributed by atoms with E-state index in [4.69, 9.17) is 10.8 Å². The highest BCUT2D eigenvalue weighted by Gasteiger charge is 2.07. The predicted octanol–water partition coefficient (Wildman–Crippen LogP) is -0.0854. The maximum atomic E-state index is 8.82. The van der Waals surface area contributed by atoms with E-state index in [-0.39, 0.29) is 6.61 Å². The van der Waals surface area contributed by atoms with Gasteiger partial charge in [0.25, 0.3) is 0 Å². The summed E-state index contributed by atoms with van der Waals surface area (Å²) in [6.45, 7) is 0.389. The Balaban J connectivity index is 2.36. The van der Waals surface area contributed by atoms with Crippen molar-refractivity contribution < 1.29 is 5.11 Å². The molecule has 0 radical (unpaired) electrons. The summed E-state index contributed by atoms with van der Waals surface area (Å²) in [4.78, 5) is 0. The fourth-order valence-corrected chi connectivity index (χ4v) is 1.29. The number of hydrogen-bond donors (Lipinski definition) is 2. The molecule has 1 aromatic heterocycles. The molecule has 15 heavy (non-hydrogen) atoms. The normalized spacial score (nSPS) is 10.5. The molecule has 0 saturated heterocycles. The highest BCUT2D eigenvalue weighted by Crippen LogP contribution is 2.16. The van der Waals surface area contributed by atoms with E-state index >= 15 is 0 Å². The first-order valence-corrected chi connectivity index (χ1v) is 4.54. The number of aromatic nitrogens is 4. The number of benzene rings is 1. The zero-order valence-electron chi connectivity index (χ0n) is 8.04. The summed E-state index contributed by atoms with van der Waals surface area (Å²) < 4.78 is 1.55. The Labute approximate surface area is 86.3 Å². The largest absolute Gasteiger partial charge is 0.399 e. The third-order valence-corrected chi connectivity index (χ3v) is 2.01. The first-order valence-electron chi connectivity index (χ1n) is 4.54. The van der Waals surface area contributed by atoms with Crippen LogP contribution in [-0.2, 0) is 6.54 Å². The van der Waals surface area contributed by atoms with Gasteiger partial charge in [-0.1, -0.05) is 0 Å². The number of nitrogens with two attached hydrogens (primary N) is 1. The van der Waals surface area contributed by atoms with E-state index in [1.165, 1.54) is 0 Å². The van der Waals surface area contributed by atoms with Crippen LogP contribution in [0.5, 0.6) is 0 Å². The molecule has 3 N–H and O–H groups in total. The van der Waals surface area contributed by atoms with Gasteiger partial charge in [-0.15, -0.1) is 5.10 Å². The van der Waals surface area contributed by atoms with Crippen molar-refractivity contribution in [2.45, 2.75) is 6.54 Å². The molecular formula is C9H11N5O. The molecule has 0 spiro atoms. The zero-order chi connectivity index (χ0) is 10.7. The molecule has 0 unspecified atom stereocenters. The maximum absolute atomic E-state index is 8.82. The average molecular weight is 205 g/mol. The lowest BCUT2D eigenvalue weighted by Gasteiger charge is -2.02. The molecule has 2 rings (SSSR count). The Morgan fingerprint density at radius 1 is 1.27 bits per heavy atom. The van der Waals surface area contributed by atoms with Gasteiger partial charge in [-0.25, -0.2) is 4.68 Å².